The number of benzene rings is 1. The summed E-state index contributed by atoms with van der Waals surface area (Å²) in [6.07, 6.45) is 0.423. The lowest BCUT2D eigenvalue weighted by Gasteiger charge is -2.06. The molecule has 0 unspecified atom stereocenters. The number of hydrogen-bond donors (Lipinski definition) is 0. The molecule has 0 amide bonds. The average molecular weight is 280 g/mol. The Hall–Kier alpha value is -2.50. The molecule has 6 heteroatoms. The highest BCUT2D eigenvalue weighted by molar-refractivity contribution is 5.90. The van der Waals surface area contributed by atoms with Crippen molar-refractivity contribution < 1.29 is 27.5 Å². The first-order valence-electron chi connectivity index (χ1n) is 5.78. The van der Waals surface area contributed by atoms with Crippen molar-refractivity contribution >= 4 is 12.3 Å². The van der Waals surface area contributed by atoms with E-state index < -0.39 is 23.2 Å². The number of ether oxygens (including phenoxy) is 1. The van der Waals surface area contributed by atoms with Gasteiger partial charge < -0.3 is 9.15 Å². The molecular formula is C14H10F2O4. The first kappa shape index (κ1) is 13.9. The van der Waals surface area contributed by atoms with Gasteiger partial charge in [0.05, 0.1) is 17.7 Å². The van der Waals surface area contributed by atoms with Gasteiger partial charge in [-0.05, 0) is 31.2 Å². The summed E-state index contributed by atoms with van der Waals surface area (Å²) in [6, 6.07) is 4.29. The van der Waals surface area contributed by atoms with Crippen LogP contribution in [0.1, 0.15) is 27.8 Å². The SMILES string of the molecule is CCOC(=O)c1cc(F)c(-c2ccc(C=O)o2)c(F)c1. The van der Waals surface area contributed by atoms with Crippen molar-refractivity contribution in [1.82, 2.24) is 0 Å². The molecule has 4 nitrogen and oxygen atoms in total. The number of halogens is 2. The van der Waals surface area contributed by atoms with E-state index >= 15 is 0 Å². The fourth-order valence-electron chi connectivity index (χ4n) is 1.69. The predicted octanol–water partition coefficient (Wildman–Crippen LogP) is 3.21. The van der Waals surface area contributed by atoms with Gasteiger partial charge in [-0.1, -0.05) is 0 Å². The monoisotopic (exact) mass is 280 g/mol. The summed E-state index contributed by atoms with van der Waals surface area (Å²) in [4.78, 5) is 21.9. The third kappa shape index (κ3) is 2.59. The molecule has 0 bridgehead atoms. The molecule has 1 aromatic heterocycles. The van der Waals surface area contributed by atoms with E-state index in [1.807, 2.05) is 0 Å². The molecule has 1 aromatic carbocycles. The van der Waals surface area contributed by atoms with E-state index in [1.165, 1.54) is 12.1 Å². The lowest BCUT2D eigenvalue weighted by atomic mass is 10.1. The number of aldehydes is 1. The molecule has 0 aliphatic carbocycles. The Bertz CT molecular complexity index is 638. The van der Waals surface area contributed by atoms with Crippen molar-refractivity contribution in [2.24, 2.45) is 0 Å². The van der Waals surface area contributed by atoms with Crippen LogP contribution in [0.2, 0.25) is 0 Å². The van der Waals surface area contributed by atoms with Crippen LogP contribution in [0.3, 0.4) is 0 Å². The van der Waals surface area contributed by atoms with Gasteiger partial charge in [0.25, 0.3) is 0 Å². The highest BCUT2D eigenvalue weighted by Gasteiger charge is 2.19. The van der Waals surface area contributed by atoms with Crippen molar-refractivity contribution in [2.45, 2.75) is 6.92 Å². The summed E-state index contributed by atoms with van der Waals surface area (Å²) in [5.41, 5.74) is -0.668. The number of rotatable bonds is 4. The van der Waals surface area contributed by atoms with E-state index in [9.17, 15) is 18.4 Å². The minimum Gasteiger partial charge on any atom is -0.462 e. The Kier molecular flexibility index (Phi) is 3.93. The van der Waals surface area contributed by atoms with Crippen LogP contribution in [0, 0.1) is 11.6 Å². The summed E-state index contributed by atoms with van der Waals surface area (Å²) in [7, 11) is 0. The molecular weight excluding hydrogens is 270 g/mol. The summed E-state index contributed by atoms with van der Waals surface area (Å²) in [5, 5.41) is 0. The number of furan rings is 1. The van der Waals surface area contributed by atoms with Gasteiger partial charge in [-0.15, -0.1) is 0 Å². The standard InChI is InChI=1S/C14H10F2O4/c1-2-19-14(18)8-5-10(15)13(11(16)6-8)12-4-3-9(7-17)20-12/h3-7H,2H2,1H3. The maximum absolute atomic E-state index is 13.9. The maximum Gasteiger partial charge on any atom is 0.338 e. The van der Waals surface area contributed by atoms with Crippen molar-refractivity contribution in [3.05, 3.63) is 47.2 Å². The third-order valence-electron chi connectivity index (χ3n) is 2.54. The molecule has 0 saturated carbocycles. The molecule has 0 fully saturated rings. The quantitative estimate of drug-likeness (QED) is 0.637. The van der Waals surface area contributed by atoms with E-state index in [4.69, 9.17) is 4.42 Å². The smallest absolute Gasteiger partial charge is 0.338 e. The van der Waals surface area contributed by atoms with Gasteiger partial charge in [-0.3, -0.25) is 4.79 Å². The van der Waals surface area contributed by atoms with E-state index in [2.05, 4.69) is 4.74 Å². The van der Waals surface area contributed by atoms with Gasteiger partial charge in [0.2, 0.25) is 0 Å². The van der Waals surface area contributed by atoms with Crippen LogP contribution in [0.4, 0.5) is 8.78 Å². The van der Waals surface area contributed by atoms with E-state index in [0.717, 1.165) is 12.1 Å². The highest BCUT2D eigenvalue weighted by atomic mass is 19.1. The Balaban J connectivity index is 2.45. The van der Waals surface area contributed by atoms with E-state index in [-0.39, 0.29) is 23.7 Å². The molecule has 2 aromatic rings. The van der Waals surface area contributed by atoms with E-state index in [0.29, 0.717) is 6.29 Å². The first-order chi connectivity index (χ1) is 9.56. The first-order valence-corrected chi connectivity index (χ1v) is 5.78. The lowest BCUT2D eigenvalue weighted by molar-refractivity contribution is 0.0525. The van der Waals surface area contributed by atoms with Crippen LogP contribution in [-0.2, 0) is 4.74 Å². The molecule has 0 saturated heterocycles. The van der Waals surface area contributed by atoms with Crippen molar-refractivity contribution in [3.63, 3.8) is 0 Å². The predicted molar refractivity (Wildman–Crippen MR) is 65.4 cm³/mol. The second kappa shape index (κ2) is 5.64. The summed E-state index contributed by atoms with van der Waals surface area (Å²) in [5.74, 6) is -2.93. The van der Waals surface area contributed by atoms with Crippen LogP contribution in [0.25, 0.3) is 11.3 Å². The second-order valence-corrected chi connectivity index (χ2v) is 3.86. The zero-order valence-electron chi connectivity index (χ0n) is 10.5. The minimum atomic E-state index is -0.972. The van der Waals surface area contributed by atoms with Gasteiger partial charge in [-0.2, -0.15) is 0 Å². The summed E-state index contributed by atoms with van der Waals surface area (Å²) >= 11 is 0. The topological polar surface area (TPSA) is 56.5 Å². The van der Waals surface area contributed by atoms with Gasteiger partial charge >= 0.3 is 5.97 Å². The Morgan fingerprint density at radius 2 is 1.95 bits per heavy atom. The van der Waals surface area contributed by atoms with Gasteiger partial charge in [0, 0.05) is 0 Å². The lowest BCUT2D eigenvalue weighted by Crippen LogP contribution is -2.06. The molecule has 0 N–H and O–H groups in total. The molecule has 0 spiro atoms. The maximum atomic E-state index is 13.9. The van der Waals surface area contributed by atoms with E-state index in [1.54, 1.807) is 6.92 Å². The average Bonchev–Trinajstić information content (AvgIpc) is 2.86. The van der Waals surface area contributed by atoms with Crippen LogP contribution in [-0.4, -0.2) is 18.9 Å². The van der Waals surface area contributed by atoms with Gasteiger partial charge in [0.15, 0.2) is 12.0 Å². The highest BCUT2D eigenvalue weighted by Crippen LogP contribution is 2.28. The van der Waals surface area contributed by atoms with Crippen molar-refractivity contribution in [1.29, 1.82) is 0 Å². The number of carbonyl (C=O) groups is 2. The molecule has 2 rings (SSSR count). The van der Waals surface area contributed by atoms with Gasteiger partial charge in [-0.25, -0.2) is 13.6 Å². The van der Waals surface area contributed by atoms with Crippen LogP contribution < -0.4 is 0 Å². The van der Waals surface area contributed by atoms with Crippen molar-refractivity contribution in [2.75, 3.05) is 6.61 Å². The van der Waals surface area contributed by atoms with Gasteiger partial charge in [0.1, 0.15) is 17.4 Å². The molecule has 0 radical (unpaired) electrons. The Morgan fingerprint density at radius 3 is 2.45 bits per heavy atom. The van der Waals surface area contributed by atoms with Crippen LogP contribution >= 0.6 is 0 Å². The zero-order valence-corrected chi connectivity index (χ0v) is 10.5. The molecule has 20 heavy (non-hydrogen) atoms. The summed E-state index contributed by atoms with van der Waals surface area (Å²) < 4.78 is 37.5. The normalized spacial score (nSPS) is 10.3. The number of hydrogen-bond acceptors (Lipinski definition) is 4. The van der Waals surface area contributed by atoms with Crippen LogP contribution in [0.15, 0.2) is 28.7 Å². The second-order valence-electron chi connectivity index (χ2n) is 3.86. The molecule has 0 aliphatic rings. The third-order valence-corrected chi connectivity index (χ3v) is 2.54. The zero-order chi connectivity index (χ0) is 14.7. The fraction of sp³-hybridized carbons (Fsp3) is 0.143. The minimum absolute atomic E-state index is 0.0479. The Labute approximate surface area is 113 Å². The molecule has 1 heterocycles. The molecule has 0 aliphatic heterocycles. The van der Waals surface area contributed by atoms with Crippen LogP contribution in [0.5, 0.6) is 0 Å². The largest absolute Gasteiger partial charge is 0.462 e. The summed E-state index contributed by atoms with van der Waals surface area (Å²) in [6.45, 7) is 1.69. The Morgan fingerprint density at radius 1 is 1.30 bits per heavy atom. The van der Waals surface area contributed by atoms with Crippen molar-refractivity contribution in [3.8, 4) is 11.3 Å². The number of esters is 1. The fourth-order valence-corrected chi connectivity index (χ4v) is 1.69. The molecule has 0 atom stereocenters. The molecule has 104 valence electrons. The number of carbonyl (C=O) groups excluding carboxylic acids is 2.